The molecule has 1 aromatic heterocycles. The average molecular weight is 349 g/mol. The third-order valence-corrected chi connectivity index (χ3v) is 4.24. The first-order valence-corrected chi connectivity index (χ1v) is 8.52. The van der Waals surface area contributed by atoms with Crippen molar-refractivity contribution in [3.8, 4) is 11.4 Å². The van der Waals surface area contributed by atoms with Crippen LogP contribution < -0.4 is 4.74 Å². The largest absolute Gasteiger partial charge is 0.496 e. The minimum absolute atomic E-state index is 0.0562. The van der Waals surface area contributed by atoms with Crippen molar-refractivity contribution in [2.24, 2.45) is 0 Å². The molecule has 2 aromatic carbocycles. The lowest BCUT2D eigenvalue weighted by Crippen LogP contribution is -2.17. The van der Waals surface area contributed by atoms with Gasteiger partial charge in [-0.2, -0.15) is 5.10 Å². The van der Waals surface area contributed by atoms with E-state index in [1.807, 2.05) is 66.6 Å². The molecule has 0 radical (unpaired) electrons. The highest BCUT2D eigenvalue weighted by Crippen LogP contribution is 2.22. The van der Waals surface area contributed by atoms with Crippen molar-refractivity contribution in [3.63, 3.8) is 0 Å². The van der Waals surface area contributed by atoms with Crippen LogP contribution in [0.1, 0.15) is 28.4 Å². The molecule has 5 heteroatoms. The van der Waals surface area contributed by atoms with Gasteiger partial charge in [0.25, 0.3) is 0 Å². The standard InChI is InChI=1S/C21H23N3O2/c1-16(25)18-9-10-21(26-3)19(11-18)15-23(2)13-17-12-22-24(14-17)20-7-5-4-6-8-20/h4-12,14H,13,15H2,1-3H3. The minimum atomic E-state index is 0.0562. The molecule has 5 nitrogen and oxygen atoms in total. The zero-order valence-electron chi connectivity index (χ0n) is 15.3. The predicted molar refractivity (Wildman–Crippen MR) is 102 cm³/mol. The van der Waals surface area contributed by atoms with Crippen LogP contribution >= 0.6 is 0 Å². The van der Waals surface area contributed by atoms with Crippen molar-refractivity contribution in [1.82, 2.24) is 14.7 Å². The van der Waals surface area contributed by atoms with Gasteiger partial charge in [-0.3, -0.25) is 9.69 Å². The van der Waals surface area contributed by atoms with Crippen LogP contribution in [-0.2, 0) is 13.1 Å². The summed E-state index contributed by atoms with van der Waals surface area (Å²) >= 11 is 0. The van der Waals surface area contributed by atoms with E-state index in [1.54, 1.807) is 20.1 Å². The Morgan fingerprint density at radius 3 is 2.62 bits per heavy atom. The number of aromatic nitrogens is 2. The van der Waals surface area contributed by atoms with Gasteiger partial charge in [0.2, 0.25) is 0 Å². The highest BCUT2D eigenvalue weighted by atomic mass is 16.5. The molecule has 0 spiro atoms. The number of ketones is 1. The lowest BCUT2D eigenvalue weighted by Gasteiger charge is -2.18. The first-order chi connectivity index (χ1) is 12.6. The fourth-order valence-corrected chi connectivity index (χ4v) is 2.94. The Balaban J connectivity index is 1.71. The number of carbonyl (C=O) groups is 1. The van der Waals surface area contributed by atoms with Crippen LogP contribution in [0.15, 0.2) is 60.9 Å². The monoisotopic (exact) mass is 349 g/mol. The Hall–Kier alpha value is -2.92. The number of Topliss-reactive ketones (excluding diaryl/α,β-unsaturated/α-hetero) is 1. The van der Waals surface area contributed by atoms with Crippen LogP contribution in [-0.4, -0.2) is 34.6 Å². The van der Waals surface area contributed by atoms with Gasteiger partial charge in [-0.25, -0.2) is 4.68 Å². The van der Waals surface area contributed by atoms with Crippen LogP contribution in [0.5, 0.6) is 5.75 Å². The molecular formula is C21H23N3O2. The normalized spacial score (nSPS) is 10.9. The summed E-state index contributed by atoms with van der Waals surface area (Å²) < 4.78 is 7.31. The molecule has 0 atom stereocenters. The highest BCUT2D eigenvalue weighted by Gasteiger charge is 2.11. The van der Waals surface area contributed by atoms with Gasteiger partial charge in [0.05, 0.1) is 19.0 Å². The number of ether oxygens (including phenoxy) is 1. The number of carbonyl (C=O) groups excluding carboxylic acids is 1. The van der Waals surface area contributed by atoms with Gasteiger partial charge < -0.3 is 4.74 Å². The van der Waals surface area contributed by atoms with Gasteiger partial charge >= 0.3 is 0 Å². The third-order valence-electron chi connectivity index (χ3n) is 4.24. The molecule has 26 heavy (non-hydrogen) atoms. The number of hydrogen-bond donors (Lipinski definition) is 0. The van der Waals surface area contributed by atoms with E-state index in [-0.39, 0.29) is 5.78 Å². The molecule has 3 aromatic rings. The lowest BCUT2D eigenvalue weighted by atomic mass is 10.1. The van der Waals surface area contributed by atoms with Gasteiger partial charge in [0.1, 0.15) is 5.75 Å². The summed E-state index contributed by atoms with van der Waals surface area (Å²) in [6.07, 6.45) is 3.92. The summed E-state index contributed by atoms with van der Waals surface area (Å²) in [4.78, 5) is 13.8. The quantitative estimate of drug-likeness (QED) is 0.610. The molecule has 0 saturated carbocycles. The maximum Gasteiger partial charge on any atom is 0.159 e. The number of benzene rings is 2. The summed E-state index contributed by atoms with van der Waals surface area (Å²) in [6.45, 7) is 3.01. The van der Waals surface area contributed by atoms with Crippen molar-refractivity contribution in [2.45, 2.75) is 20.0 Å². The van der Waals surface area contributed by atoms with E-state index in [4.69, 9.17) is 4.74 Å². The zero-order chi connectivity index (χ0) is 18.5. The van der Waals surface area contributed by atoms with Crippen LogP contribution in [0.3, 0.4) is 0 Å². The summed E-state index contributed by atoms with van der Waals surface area (Å²) in [7, 11) is 3.69. The maximum atomic E-state index is 11.6. The first kappa shape index (κ1) is 17.9. The van der Waals surface area contributed by atoms with Crippen LogP contribution in [0.4, 0.5) is 0 Å². The molecule has 0 aliphatic carbocycles. The van der Waals surface area contributed by atoms with Crippen molar-refractivity contribution < 1.29 is 9.53 Å². The Morgan fingerprint density at radius 2 is 1.92 bits per heavy atom. The number of nitrogens with zero attached hydrogens (tertiary/aromatic N) is 3. The number of methoxy groups -OCH3 is 1. The van der Waals surface area contributed by atoms with Gasteiger partial charge in [0, 0.05) is 36.0 Å². The topological polar surface area (TPSA) is 47.4 Å². The minimum Gasteiger partial charge on any atom is -0.496 e. The Bertz CT molecular complexity index is 887. The molecule has 0 aliphatic rings. The van der Waals surface area contributed by atoms with E-state index in [9.17, 15) is 4.79 Å². The summed E-state index contributed by atoms with van der Waals surface area (Å²) in [5.41, 5.74) is 3.86. The molecule has 0 bridgehead atoms. The SMILES string of the molecule is COc1ccc(C(C)=O)cc1CN(C)Cc1cnn(-c2ccccc2)c1. The number of hydrogen-bond acceptors (Lipinski definition) is 4. The second kappa shape index (κ2) is 7.97. The molecule has 3 rings (SSSR count). The molecule has 1 heterocycles. The average Bonchev–Trinajstić information content (AvgIpc) is 3.10. The van der Waals surface area contributed by atoms with Crippen molar-refractivity contribution in [2.75, 3.05) is 14.2 Å². The smallest absolute Gasteiger partial charge is 0.159 e. The van der Waals surface area contributed by atoms with Gasteiger partial charge in [-0.15, -0.1) is 0 Å². The summed E-state index contributed by atoms with van der Waals surface area (Å²) in [5.74, 6) is 0.850. The molecule has 0 aliphatic heterocycles. The van der Waals surface area contributed by atoms with E-state index >= 15 is 0 Å². The number of rotatable bonds is 7. The van der Waals surface area contributed by atoms with Crippen LogP contribution in [0, 0.1) is 0 Å². The summed E-state index contributed by atoms with van der Waals surface area (Å²) in [5, 5.41) is 4.44. The lowest BCUT2D eigenvalue weighted by molar-refractivity contribution is 0.101. The zero-order valence-corrected chi connectivity index (χ0v) is 15.3. The van der Waals surface area contributed by atoms with Crippen molar-refractivity contribution in [1.29, 1.82) is 0 Å². The molecule has 0 N–H and O–H groups in total. The Morgan fingerprint density at radius 1 is 1.15 bits per heavy atom. The van der Waals surface area contributed by atoms with Gasteiger partial charge in [0.15, 0.2) is 5.78 Å². The Labute approximate surface area is 153 Å². The van der Waals surface area contributed by atoms with E-state index in [0.717, 1.165) is 29.1 Å². The fraction of sp³-hybridized carbons (Fsp3) is 0.238. The fourth-order valence-electron chi connectivity index (χ4n) is 2.94. The molecule has 0 fully saturated rings. The van der Waals surface area contributed by atoms with E-state index in [2.05, 4.69) is 10.00 Å². The highest BCUT2D eigenvalue weighted by molar-refractivity contribution is 5.94. The van der Waals surface area contributed by atoms with E-state index < -0.39 is 0 Å². The Kier molecular flexibility index (Phi) is 5.49. The van der Waals surface area contributed by atoms with Crippen LogP contribution in [0.2, 0.25) is 0 Å². The van der Waals surface area contributed by atoms with Crippen molar-refractivity contribution >= 4 is 5.78 Å². The summed E-state index contributed by atoms with van der Waals surface area (Å²) in [6, 6.07) is 15.6. The molecule has 0 amide bonds. The van der Waals surface area contributed by atoms with E-state index in [0.29, 0.717) is 12.1 Å². The predicted octanol–water partition coefficient (Wildman–Crippen LogP) is 3.72. The molecule has 134 valence electrons. The molecular weight excluding hydrogens is 326 g/mol. The maximum absolute atomic E-state index is 11.6. The molecule has 0 saturated heterocycles. The molecule has 0 unspecified atom stereocenters. The second-order valence-corrected chi connectivity index (χ2v) is 6.38. The van der Waals surface area contributed by atoms with E-state index in [1.165, 1.54) is 0 Å². The first-order valence-electron chi connectivity index (χ1n) is 8.52. The van der Waals surface area contributed by atoms with Gasteiger partial charge in [-0.1, -0.05) is 18.2 Å². The van der Waals surface area contributed by atoms with Crippen molar-refractivity contribution in [3.05, 3.63) is 77.6 Å². The van der Waals surface area contributed by atoms with Gasteiger partial charge in [-0.05, 0) is 44.3 Å². The van der Waals surface area contributed by atoms with Crippen LogP contribution in [0.25, 0.3) is 5.69 Å². The number of para-hydroxylation sites is 1. The third kappa shape index (κ3) is 4.18. The second-order valence-electron chi connectivity index (χ2n) is 6.38.